The molecule has 1 N–H and O–H groups in total. The molecule has 0 amide bonds. The van der Waals surface area contributed by atoms with Gasteiger partial charge in [-0.05, 0) is 48.9 Å². The third kappa shape index (κ3) is 2.73. The van der Waals surface area contributed by atoms with E-state index in [1.165, 1.54) is 0 Å². The first-order chi connectivity index (χ1) is 10.0. The molecular formula is C15H10Cl2N2O2. The molecule has 0 atom stereocenters. The molecule has 0 aliphatic carbocycles. The zero-order valence-electron chi connectivity index (χ0n) is 11.0. The molecule has 0 aliphatic rings. The highest BCUT2D eigenvalue weighted by Gasteiger charge is 2.13. The molecule has 0 aliphatic heterocycles. The van der Waals surface area contributed by atoms with Gasteiger partial charge in [-0.1, -0.05) is 28.4 Å². The van der Waals surface area contributed by atoms with Crippen LogP contribution in [0.15, 0.2) is 40.9 Å². The summed E-state index contributed by atoms with van der Waals surface area (Å²) in [6.07, 6.45) is 0. The highest BCUT2D eigenvalue weighted by atomic mass is 35.5. The Bertz CT molecular complexity index is 815. The van der Waals surface area contributed by atoms with Crippen LogP contribution in [0.1, 0.15) is 5.56 Å². The number of nitrogens with zero attached hydrogens (tertiary/aromatic N) is 2. The number of aromatic nitrogens is 2. The maximum Gasteiger partial charge on any atom is 0.258 e. The number of aryl methyl sites for hydroxylation is 1. The summed E-state index contributed by atoms with van der Waals surface area (Å²) >= 11 is 11.9. The van der Waals surface area contributed by atoms with Gasteiger partial charge >= 0.3 is 0 Å². The van der Waals surface area contributed by atoms with Crippen LogP contribution in [0, 0.1) is 6.92 Å². The molecule has 1 aromatic heterocycles. The topological polar surface area (TPSA) is 59.2 Å². The van der Waals surface area contributed by atoms with Crippen molar-refractivity contribution in [3.8, 4) is 28.6 Å². The van der Waals surface area contributed by atoms with E-state index in [2.05, 4.69) is 10.1 Å². The van der Waals surface area contributed by atoms with E-state index < -0.39 is 0 Å². The second-order valence-electron chi connectivity index (χ2n) is 4.55. The highest BCUT2D eigenvalue weighted by Crippen LogP contribution is 2.30. The first-order valence-electron chi connectivity index (χ1n) is 6.14. The van der Waals surface area contributed by atoms with Crippen LogP contribution in [0.3, 0.4) is 0 Å². The van der Waals surface area contributed by atoms with Gasteiger partial charge in [-0.3, -0.25) is 0 Å². The van der Waals surface area contributed by atoms with E-state index in [9.17, 15) is 5.11 Å². The molecule has 3 aromatic rings. The molecule has 0 saturated heterocycles. The van der Waals surface area contributed by atoms with Crippen molar-refractivity contribution in [1.82, 2.24) is 10.1 Å². The van der Waals surface area contributed by atoms with Gasteiger partial charge in [-0.15, -0.1) is 0 Å². The fraction of sp³-hybridized carbons (Fsp3) is 0.0667. The molecule has 0 spiro atoms. The molecule has 21 heavy (non-hydrogen) atoms. The van der Waals surface area contributed by atoms with Gasteiger partial charge in [0, 0.05) is 11.1 Å². The van der Waals surface area contributed by atoms with Crippen molar-refractivity contribution in [3.63, 3.8) is 0 Å². The van der Waals surface area contributed by atoms with Crippen molar-refractivity contribution in [1.29, 1.82) is 0 Å². The lowest BCUT2D eigenvalue weighted by Crippen LogP contribution is -1.84. The van der Waals surface area contributed by atoms with Crippen LogP contribution in [0.5, 0.6) is 5.75 Å². The summed E-state index contributed by atoms with van der Waals surface area (Å²) in [5.74, 6) is 1.00. The lowest BCUT2D eigenvalue weighted by atomic mass is 10.1. The van der Waals surface area contributed by atoms with E-state index >= 15 is 0 Å². The van der Waals surface area contributed by atoms with Crippen molar-refractivity contribution >= 4 is 23.2 Å². The van der Waals surface area contributed by atoms with Gasteiger partial charge in [-0.2, -0.15) is 4.98 Å². The van der Waals surface area contributed by atoms with Gasteiger partial charge in [0.25, 0.3) is 5.89 Å². The molecule has 3 rings (SSSR count). The Hall–Kier alpha value is -2.04. The summed E-state index contributed by atoms with van der Waals surface area (Å²) in [6, 6.07) is 10.1. The number of hydrogen-bond donors (Lipinski definition) is 1. The largest absolute Gasteiger partial charge is 0.508 e. The summed E-state index contributed by atoms with van der Waals surface area (Å²) in [6.45, 7) is 1.86. The molecule has 0 unspecified atom stereocenters. The van der Waals surface area contributed by atoms with Gasteiger partial charge < -0.3 is 9.63 Å². The smallest absolute Gasteiger partial charge is 0.258 e. The van der Waals surface area contributed by atoms with Crippen molar-refractivity contribution in [3.05, 3.63) is 52.0 Å². The number of benzene rings is 2. The minimum absolute atomic E-state index is 0.195. The van der Waals surface area contributed by atoms with Crippen LogP contribution < -0.4 is 0 Å². The van der Waals surface area contributed by atoms with E-state index in [4.69, 9.17) is 27.7 Å². The second kappa shape index (κ2) is 5.39. The summed E-state index contributed by atoms with van der Waals surface area (Å²) < 4.78 is 5.28. The monoisotopic (exact) mass is 320 g/mol. The maximum atomic E-state index is 9.43. The number of halogens is 2. The van der Waals surface area contributed by atoms with E-state index in [0.29, 0.717) is 21.8 Å². The fourth-order valence-corrected chi connectivity index (χ4v) is 2.27. The van der Waals surface area contributed by atoms with Gasteiger partial charge in [0.2, 0.25) is 5.82 Å². The average molecular weight is 321 g/mol. The molecule has 0 fully saturated rings. The predicted molar refractivity (Wildman–Crippen MR) is 81.6 cm³/mol. The Morgan fingerprint density at radius 3 is 2.57 bits per heavy atom. The lowest BCUT2D eigenvalue weighted by Gasteiger charge is -2.00. The summed E-state index contributed by atoms with van der Waals surface area (Å²) in [5.41, 5.74) is 2.33. The van der Waals surface area contributed by atoms with Crippen molar-refractivity contribution < 1.29 is 9.63 Å². The number of hydrogen-bond acceptors (Lipinski definition) is 4. The van der Waals surface area contributed by atoms with Gasteiger partial charge in [0.15, 0.2) is 0 Å². The van der Waals surface area contributed by atoms with Gasteiger partial charge in [0.1, 0.15) is 5.75 Å². The number of aromatic hydroxyl groups is 1. The quantitative estimate of drug-likeness (QED) is 0.741. The minimum Gasteiger partial charge on any atom is -0.508 e. The highest BCUT2D eigenvalue weighted by molar-refractivity contribution is 6.42. The van der Waals surface area contributed by atoms with E-state index in [0.717, 1.165) is 16.7 Å². The average Bonchev–Trinajstić information content (AvgIpc) is 2.91. The van der Waals surface area contributed by atoms with Crippen molar-refractivity contribution in [2.24, 2.45) is 0 Å². The lowest BCUT2D eigenvalue weighted by molar-refractivity contribution is 0.432. The minimum atomic E-state index is 0.195. The SMILES string of the molecule is Cc1cc(O)ccc1-c1nc(-c2ccc(Cl)c(Cl)c2)no1. The summed E-state index contributed by atoms with van der Waals surface area (Å²) in [4.78, 5) is 4.35. The number of phenols is 1. The molecule has 0 bridgehead atoms. The van der Waals surface area contributed by atoms with Gasteiger partial charge in [0.05, 0.1) is 10.0 Å². The standard InChI is InChI=1S/C15H10Cl2N2O2/c1-8-6-10(20)3-4-11(8)15-18-14(19-21-15)9-2-5-12(16)13(17)7-9/h2-7,20H,1H3. The van der Waals surface area contributed by atoms with Crippen molar-refractivity contribution in [2.75, 3.05) is 0 Å². The molecular weight excluding hydrogens is 311 g/mol. The maximum absolute atomic E-state index is 9.43. The van der Waals surface area contributed by atoms with Crippen LogP contribution in [0.2, 0.25) is 10.0 Å². The third-order valence-electron chi connectivity index (χ3n) is 3.04. The van der Waals surface area contributed by atoms with Crippen LogP contribution >= 0.6 is 23.2 Å². The van der Waals surface area contributed by atoms with Gasteiger partial charge in [-0.25, -0.2) is 0 Å². The molecule has 106 valence electrons. The van der Waals surface area contributed by atoms with Crippen molar-refractivity contribution in [2.45, 2.75) is 6.92 Å². The molecule has 0 radical (unpaired) electrons. The van der Waals surface area contributed by atoms with Crippen LogP contribution in [-0.2, 0) is 0 Å². The van der Waals surface area contributed by atoms with E-state index in [1.54, 1.807) is 36.4 Å². The number of phenolic OH excluding ortho intramolecular Hbond substituents is 1. The predicted octanol–water partition coefficient (Wildman–Crippen LogP) is 4.72. The zero-order valence-corrected chi connectivity index (χ0v) is 12.5. The van der Waals surface area contributed by atoms with E-state index in [-0.39, 0.29) is 5.75 Å². The summed E-state index contributed by atoms with van der Waals surface area (Å²) in [7, 11) is 0. The molecule has 0 saturated carbocycles. The Morgan fingerprint density at radius 2 is 1.86 bits per heavy atom. The number of rotatable bonds is 2. The molecule has 4 nitrogen and oxygen atoms in total. The Kier molecular flexibility index (Phi) is 3.57. The molecule has 2 aromatic carbocycles. The third-order valence-corrected chi connectivity index (χ3v) is 3.78. The van der Waals surface area contributed by atoms with Crippen LogP contribution in [0.25, 0.3) is 22.8 Å². The zero-order chi connectivity index (χ0) is 15.0. The Balaban J connectivity index is 2.01. The fourth-order valence-electron chi connectivity index (χ4n) is 1.97. The first kappa shape index (κ1) is 13.9. The summed E-state index contributed by atoms with van der Waals surface area (Å²) in [5, 5.41) is 14.3. The molecule has 1 heterocycles. The van der Waals surface area contributed by atoms with Crippen LogP contribution in [0.4, 0.5) is 0 Å². The van der Waals surface area contributed by atoms with Crippen LogP contribution in [-0.4, -0.2) is 15.2 Å². The second-order valence-corrected chi connectivity index (χ2v) is 5.37. The first-order valence-corrected chi connectivity index (χ1v) is 6.89. The normalized spacial score (nSPS) is 10.8. The molecule has 6 heteroatoms. The Labute approximate surface area is 130 Å². The Morgan fingerprint density at radius 1 is 1.05 bits per heavy atom. The van der Waals surface area contributed by atoms with E-state index in [1.807, 2.05) is 6.92 Å².